The summed E-state index contributed by atoms with van der Waals surface area (Å²) >= 11 is 0. The van der Waals surface area contributed by atoms with Gasteiger partial charge in [0.1, 0.15) is 0 Å². The van der Waals surface area contributed by atoms with E-state index >= 15 is 0 Å². The highest BCUT2D eigenvalue weighted by atomic mass is 16.5. The molecule has 0 fully saturated rings. The lowest BCUT2D eigenvalue weighted by Gasteiger charge is -1.83. The van der Waals surface area contributed by atoms with E-state index in [9.17, 15) is 4.79 Å². The van der Waals surface area contributed by atoms with Gasteiger partial charge in [-0.05, 0) is 20.8 Å². The molecule has 0 aromatic rings. The molecule has 2 nitrogen and oxygen atoms in total. The molecule has 0 N–H and O–H groups in total. The Hall–Kier alpha value is -1.57. The van der Waals surface area contributed by atoms with Crippen LogP contribution in [-0.2, 0) is 9.53 Å². The van der Waals surface area contributed by atoms with E-state index in [1.54, 1.807) is 18.2 Å². The fraction of sp³-hybridized carbons (Fsp3) is 0.308. The maximum absolute atomic E-state index is 9.84. The molecule has 88 valence electrons. The van der Waals surface area contributed by atoms with Gasteiger partial charge >= 0.3 is 5.97 Å². The Morgan fingerprint density at radius 3 is 1.13 bits per heavy atom. The molecule has 0 atom stereocenters. The van der Waals surface area contributed by atoms with Crippen molar-refractivity contribution in [2.45, 2.75) is 20.8 Å². The van der Waals surface area contributed by atoms with Gasteiger partial charge in [-0.15, -0.1) is 19.7 Å². The zero-order valence-electron chi connectivity index (χ0n) is 10.5. The Morgan fingerprint density at radius 1 is 0.933 bits per heavy atom. The summed E-state index contributed by atoms with van der Waals surface area (Å²) in [6, 6.07) is 0. The molecule has 0 radical (unpaired) electrons. The molecule has 0 rings (SSSR count). The SMILES string of the molecule is C=CC.C=CC.C=CC.C=CC(=O)OC. The number of methoxy groups -OCH3 is 1. The van der Waals surface area contributed by atoms with Crippen molar-refractivity contribution in [2.75, 3.05) is 7.11 Å². The van der Waals surface area contributed by atoms with Crippen LogP contribution in [0, 0.1) is 0 Å². The maximum Gasteiger partial charge on any atom is 0.329 e. The lowest BCUT2D eigenvalue weighted by molar-refractivity contribution is -0.134. The molecule has 0 saturated heterocycles. The first kappa shape index (κ1) is 23.3. The van der Waals surface area contributed by atoms with Crippen molar-refractivity contribution in [1.29, 1.82) is 0 Å². The third kappa shape index (κ3) is 229. The zero-order chi connectivity index (χ0) is 13.1. The van der Waals surface area contributed by atoms with Crippen molar-refractivity contribution in [2.24, 2.45) is 0 Å². The standard InChI is InChI=1S/C4H6O2.3C3H6/c1-3-4(5)6-2;3*1-3-2/h3H,1H2,2H3;3*3H,1H2,2H3. The van der Waals surface area contributed by atoms with E-state index in [4.69, 9.17) is 0 Å². The third-order valence-electron chi connectivity index (χ3n) is 0.368. The second kappa shape index (κ2) is 39.3. The maximum atomic E-state index is 9.84. The van der Waals surface area contributed by atoms with Crippen LogP contribution in [0.1, 0.15) is 20.8 Å². The average Bonchev–Trinajstić information content (AvgIpc) is 2.20. The zero-order valence-corrected chi connectivity index (χ0v) is 10.5. The molecule has 0 aromatic heterocycles. The topological polar surface area (TPSA) is 26.3 Å². The van der Waals surface area contributed by atoms with Crippen LogP contribution in [0.2, 0.25) is 0 Å². The number of esters is 1. The van der Waals surface area contributed by atoms with Crippen molar-refractivity contribution < 1.29 is 9.53 Å². The Morgan fingerprint density at radius 2 is 1.13 bits per heavy atom. The first-order chi connectivity index (χ1) is 7.05. The second-order valence-corrected chi connectivity index (χ2v) is 1.95. The molecule has 0 saturated carbocycles. The average molecular weight is 212 g/mol. The highest BCUT2D eigenvalue weighted by molar-refractivity contribution is 5.80. The van der Waals surface area contributed by atoms with Crippen LogP contribution in [0.4, 0.5) is 0 Å². The minimum atomic E-state index is -0.394. The highest BCUT2D eigenvalue weighted by Gasteiger charge is 1.81. The van der Waals surface area contributed by atoms with E-state index in [1.165, 1.54) is 7.11 Å². The van der Waals surface area contributed by atoms with Crippen LogP contribution >= 0.6 is 0 Å². The molecular formula is C13H24O2. The van der Waals surface area contributed by atoms with E-state index in [-0.39, 0.29) is 0 Å². The van der Waals surface area contributed by atoms with Crippen molar-refractivity contribution in [1.82, 2.24) is 0 Å². The van der Waals surface area contributed by atoms with E-state index in [1.807, 2.05) is 20.8 Å². The first-order valence-corrected chi connectivity index (χ1v) is 4.47. The number of ether oxygens (including phenoxy) is 1. The van der Waals surface area contributed by atoms with Crippen LogP contribution in [0.3, 0.4) is 0 Å². The van der Waals surface area contributed by atoms with Crippen LogP contribution in [0.5, 0.6) is 0 Å². The fourth-order valence-corrected chi connectivity index (χ4v) is 0.0833. The Balaban J connectivity index is -0.0000000581. The summed E-state index contributed by atoms with van der Waals surface area (Å²) in [4.78, 5) is 9.84. The van der Waals surface area contributed by atoms with E-state index in [0.29, 0.717) is 0 Å². The molecule has 0 aromatic carbocycles. The number of carbonyl (C=O) groups excluding carboxylic acids is 1. The van der Waals surface area contributed by atoms with Crippen molar-refractivity contribution in [3.8, 4) is 0 Å². The monoisotopic (exact) mass is 212 g/mol. The normalized spacial score (nSPS) is 5.33. The van der Waals surface area contributed by atoms with Gasteiger partial charge in [-0.1, -0.05) is 24.8 Å². The molecule has 2 heteroatoms. The number of carbonyl (C=O) groups is 1. The molecule has 0 aliphatic heterocycles. The summed E-state index contributed by atoms with van der Waals surface area (Å²) in [6.07, 6.45) is 6.36. The van der Waals surface area contributed by atoms with Gasteiger partial charge in [0.25, 0.3) is 0 Å². The molecule has 0 amide bonds. The fourth-order valence-electron chi connectivity index (χ4n) is 0.0833. The van der Waals surface area contributed by atoms with E-state index < -0.39 is 5.97 Å². The molecule has 0 heterocycles. The summed E-state index contributed by atoms with van der Waals surface area (Å²) in [5, 5.41) is 0. The molecule has 0 unspecified atom stereocenters. The van der Waals surface area contributed by atoms with Gasteiger partial charge in [-0.3, -0.25) is 0 Å². The van der Waals surface area contributed by atoms with Gasteiger partial charge < -0.3 is 4.74 Å². The molecular weight excluding hydrogens is 188 g/mol. The molecule has 0 aliphatic rings. The van der Waals surface area contributed by atoms with Gasteiger partial charge in [0.2, 0.25) is 0 Å². The first-order valence-electron chi connectivity index (χ1n) is 4.47. The predicted molar refractivity (Wildman–Crippen MR) is 69.8 cm³/mol. The third-order valence-corrected chi connectivity index (χ3v) is 0.368. The Kier molecular flexibility index (Phi) is 61.1. The van der Waals surface area contributed by atoms with E-state index in [0.717, 1.165) is 6.08 Å². The van der Waals surface area contributed by atoms with Gasteiger partial charge in [0.15, 0.2) is 0 Å². The van der Waals surface area contributed by atoms with Crippen molar-refractivity contribution >= 4 is 5.97 Å². The molecule has 0 spiro atoms. The van der Waals surface area contributed by atoms with Crippen LogP contribution in [0.25, 0.3) is 0 Å². The lowest BCUT2D eigenvalue weighted by Crippen LogP contribution is -1.91. The minimum absolute atomic E-state index is 0.394. The van der Waals surface area contributed by atoms with Crippen LogP contribution in [-0.4, -0.2) is 13.1 Å². The van der Waals surface area contributed by atoms with Crippen LogP contribution < -0.4 is 0 Å². The summed E-state index contributed by atoms with van der Waals surface area (Å²) in [5.74, 6) is -0.394. The Bertz CT molecular complexity index is 144. The number of hydrogen-bond donors (Lipinski definition) is 0. The smallest absolute Gasteiger partial charge is 0.329 e. The molecule has 15 heavy (non-hydrogen) atoms. The second-order valence-electron chi connectivity index (χ2n) is 1.95. The quantitative estimate of drug-likeness (QED) is 0.374. The number of hydrogen-bond acceptors (Lipinski definition) is 2. The lowest BCUT2D eigenvalue weighted by atomic mass is 10.7. The number of allylic oxidation sites excluding steroid dienone is 3. The van der Waals surface area contributed by atoms with E-state index in [2.05, 4.69) is 31.1 Å². The van der Waals surface area contributed by atoms with Gasteiger partial charge in [0.05, 0.1) is 7.11 Å². The minimum Gasteiger partial charge on any atom is -0.466 e. The summed E-state index contributed by atoms with van der Waals surface area (Å²) < 4.78 is 4.14. The molecule has 0 bridgehead atoms. The Labute approximate surface area is 94.7 Å². The van der Waals surface area contributed by atoms with Crippen LogP contribution in [0.15, 0.2) is 50.6 Å². The van der Waals surface area contributed by atoms with Crippen molar-refractivity contribution in [3.05, 3.63) is 50.6 Å². The summed E-state index contributed by atoms with van der Waals surface area (Å²) in [7, 11) is 1.31. The predicted octanol–water partition coefficient (Wildman–Crippen LogP) is 3.92. The summed E-state index contributed by atoms with van der Waals surface area (Å²) in [6.45, 7) is 18.9. The largest absolute Gasteiger partial charge is 0.466 e. The van der Waals surface area contributed by atoms with Gasteiger partial charge in [-0.25, -0.2) is 4.79 Å². The number of rotatable bonds is 1. The molecule has 0 aliphatic carbocycles. The summed E-state index contributed by atoms with van der Waals surface area (Å²) in [5.41, 5.74) is 0. The highest BCUT2D eigenvalue weighted by Crippen LogP contribution is 1.67. The van der Waals surface area contributed by atoms with Gasteiger partial charge in [-0.2, -0.15) is 0 Å². The van der Waals surface area contributed by atoms with Gasteiger partial charge in [0, 0.05) is 6.08 Å². The van der Waals surface area contributed by atoms with Crippen molar-refractivity contribution in [3.63, 3.8) is 0 Å².